The molecule has 0 radical (unpaired) electrons. The molecule has 1 N–H and O–H groups in total. The minimum Gasteiger partial charge on any atom is -0.377 e. The summed E-state index contributed by atoms with van der Waals surface area (Å²) in [4.78, 5) is 12.3. The lowest BCUT2D eigenvalue weighted by Crippen LogP contribution is -2.14. The summed E-state index contributed by atoms with van der Waals surface area (Å²) < 4.78 is 6.07. The van der Waals surface area contributed by atoms with Gasteiger partial charge < -0.3 is 10.1 Å². The number of para-hydroxylation sites is 1. The van der Waals surface area contributed by atoms with E-state index in [1.807, 2.05) is 31.2 Å². The number of carbonyl (C=O) groups is 1. The van der Waals surface area contributed by atoms with Gasteiger partial charge in [0.05, 0.1) is 12.2 Å². The van der Waals surface area contributed by atoms with Crippen LogP contribution in [0.25, 0.3) is 0 Å². The van der Waals surface area contributed by atoms with Gasteiger partial charge in [0, 0.05) is 27.4 Å². The first kappa shape index (κ1) is 16.0. The summed E-state index contributed by atoms with van der Waals surface area (Å²) in [6.07, 6.45) is 0. The van der Waals surface area contributed by atoms with Gasteiger partial charge in [-0.2, -0.15) is 0 Å². The first-order valence-electron chi connectivity index (χ1n) is 6.54. The smallest absolute Gasteiger partial charge is 0.256 e. The molecule has 0 fully saturated rings. The summed E-state index contributed by atoms with van der Waals surface area (Å²) in [5, 5.41) is 3.48. The van der Waals surface area contributed by atoms with E-state index in [1.54, 1.807) is 18.2 Å². The zero-order chi connectivity index (χ0) is 15.2. The third-order valence-corrected chi connectivity index (χ3v) is 3.79. The number of hydrogen-bond acceptors (Lipinski definition) is 2. The molecule has 2 rings (SSSR count). The number of halogens is 2. The standard InChI is InChI=1S/C16H15BrClNO2/c1-2-21-10-11-5-3-4-6-15(11)19-16(20)13-8-7-12(18)9-14(13)17/h3-9H,2,10H2,1H3,(H,19,20). The van der Waals surface area contributed by atoms with Crippen molar-refractivity contribution in [2.75, 3.05) is 11.9 Å². The Bertz CT molecular complexity index is 646. The second kappa shape index (κ2) is 7.59. The number of anilines is 1. The molecule has 21 heavy (non-hydrogen) atoms. The van der Waals surface area contributed by atoms with Gasteiger partial charge in [-0.15, -0.1) is 0 Å². The number of hydrogen-bond donors (Lipinski definition) is 1. The molecular formula is C16H15BrClNO2. The second-order valence-corrected chi connectivity index (χ2v) is 5.66. The molecule has 0 aliphatic carbocycles. The van der Waals surface area contributed by atoms with Crippen molar-refractivity contribution < 1.29 is 9.53 Å². The maximum absolute atomic E-state index is 12.3. The summed E-state index contributed by atoms with van der Waals surface area (Å²) in [5.41, 5.74) is 2.22. The fourth-order valence-electron chi connectivity index (χ4n) is 1.84. The van der Waals surface area contributed by atoms with Gasteiger partial charge in [0.2, 0.25) is 0 Å². The van der Waals surface area contributed by atoms with Crippen molar-refractivity contribution >= 4 is 39.1 Å². The average molecular weight is 369 g/mol. The van der Waals surface area contributed by atoms with E-state index in [0.717, 1.165) is 11.3 Å². The molecule has 0 saturated heterocycles. The molecule has 0 aliphatic rings. The van der Waals surface area contributed by atoms with Gasteiger partial charge in [0.25, 0.3) is 5.91 Å². The third kappa shape index (κ3) is 4.30. The highest BCUT2D eigenvalue weighted by atomic mass is 79.9. The van der Waals surface area contributed by atoms with Gasteiger partial charge in [-0.25, -0.2) is 0 Å². The van der Waals surface area contributed by atoms with Crippen LogP contribution in [0.5, 0.6) is 0 Å². The Kier molecular flexibility index (Phi) is 5.79. The van der Waals surface area contributed by atoms with Crippen molar-refractivity contribution in [3.05, 3.63) is 63.1 Å². The van der Waals surface area contributed by atoms with Crippen LogP contribution in [0.1, 0.15) is 22.8 Å². The highest BCUT2D eigenvalue weighted by Gasteiger charge is 2.12. The fraction of sp³-hybridized carbons (Fsp3) is 0.188. The molecule has 0 aliphatic heterocycles. The highest BCUT2D eigenvalue weighted by Crippen LogP contribution is 2.23. The van der Waals surface area contributed by atoms with E-state index in [4.69, 9.17) is 16.3 Å². The quantitative estimate of drug-likeness (QED) is 0.816. The van der Waals surface area contributed by atoms with Crippen LogP contribution >= 0.6 is 27.5 Å². The van der Waals surface area contributed by atoms with E-state index >= 15 is 0 Å². The normalized spacial score (nSPS) is 10.4. The highest BCUT2D eigenvalue weighted by molar-refractivity contribution is 9.10. The fourth-order valence-corrected chi connectivity index (χ4v) is 2.71. The summed E-state index contributed by atoms with van der Waals surface area (Å²) in [6.45, 7) is 3.03. The predicted molar refractivity (Wildman–Crippen MR) is 88.9 cm³/mol. The van der Waals surface area contributed by atoms with Gasteiger partial charge in [-0.05, 0) is 47.1 Å². The van der Waals surface area contributed by atoms with E-state index in [-0.39, 0.29) is 5.91 Å². The van der Waals surface area contributed by atoms with Crippen molar-refractivity contribution in [2.45, 2.75) is 13.5 Å². The molecule has 2 aromatic carbocycles. The third-order valence-electron chi connectivity index (χ3n) is 2.90. The van der Waals surface area contributed by atoms with E-state index in [9.17, 15) is 4.79 Å². The van der Waals surface area contributed by atoms with Crippen LogP contribution in [0.4, 0.5) is 5.69 Å². The zero-order valence-corrected chi connectivity index (χ0v) is 13.9. The number of rotatable bonds is 5. The molecule has 1 amide bonds. The van der Waals surface area contributed by atoms with Crippen molar-refractivity contribution in [3.8, 4) is 0 Å². The first-order chi connectivity index (χ1) is 10.1. The van der Waals surface area contributed by atoms with Crippen LogP contribution in [-0.2, 0) is 11.3 Å². The molecule has 5 heteroatoms. The van der Waals surface area contributed by atoms with Crippen LogP contribution in [0.3, 0.4) is 0 Å². The van der Waals surface area contributed by atoms with Gasteiger partial charge in [-0.1, -0.05) is 29.8 Å². The lowest BCUT2D eigenvalue weighted by atomic mass is 10.1. The summed E-state index contributed by atoms with van der Waals surface area (Å²) in [5.74, 6) is -0.192. The summed E-state index contributed by atoms with van der Waals surface area (Å²) in [6, 6.07) is 12.7. The Morgan fingerprint density at radius 2 is 2.05 bits per heavy atom. The van der Waals surface area contributed by atoms with E-state index < -0.39 is 0 Å². The van der Waals surface area contributed by atoms with Crippen molar-refractivity contribution in [3.63, 3.8) is 0 Å². The summed E-state index contributed by atoms with van der Waals surface area (Å²) in [7, 11) is 0. The van der Waals surface area contributed by atoms with Gasteiger partial charge in [0.1, 0.15) is 0 Å². The molecule has 0 heterocycles. The Balaban J connectivity index is 2.19. The molecule has 0 atom stereocenters. The lowest BCUT2D eigenvalue weighted by molar-refractivity contribution is 0.102. The number of ether oxygens (including phenoxy) is 1. The molecule has 0 aromatic heterocycles. The topological polar surface area (TPSA) is 38.3 Å². The molecule has 0 saturated carbocycles. The Morgan fingerprint density at radius 1 is 1.29 bits per heavy atom. The van der Waals surface area contributed by atoms with Crippen molar-refractivity contribution in [1.82, 2.24) is 0 Å². The molecular weight excluding hydrogens is 354 g/mol. The van der Waals surface area contributed by atoms with Crippen LogP contribution in [0.2, 0.25) is 5.02 Å². The van der Waals surface area contributed by atoms with Crippen LogP contribution in [-0.4, -0.2) is 12.5 Å². The monoisotopic (exact) mass is 367 g/mol. The predicted octanol–water partition coefficient (Wildman–Crippen LogP) is 4.89. The van der Waals surface area contributed by atoms with E-state index in [2.05, 4.69) is 21.2 Å². The summed E-state index contributed by atoms with van der Waals surface area (Å²) >= 11 is 9.24. The maximum Gasteiger partial charge on any atom is 0.256 e. The Morgan fingerprint density at radius 3 is 2.76 bits per heavy atom. The van der Waals surface area contributed by atoms with Gasteiger partial charge >= 0.3 is 0 Å². The van der Waals surface area contributed by atoms with Crippen LogP contribution < -0.4 is 5.32 Å². The number of nitrogens with one attached hydrogen (secondary N) is 1. The molecule has 0 bridgehead atoms. The SMILES string of the molecule is CCOCc1ccccc1NC(=O)c1ccc(Cl)cc1Br. The van der Waals surface area contributed by atoms with Gasteiger partial charge in [-0.3, -0.25) is 4.79 Å². The van der Waals surface area contributed by atoms with Crippen molar-refractivity contribution in [2.24, 2.45) is 0 Å². The molecule has 0 unspecified atom stereocenters. The Labute approximate surface area is 137 Å². The zero-order valence-electron chi connectivity index (χ0n) is 11.5. The second-order valence-electron chi connectivity index (χ2n) is 4.37. The van der Waals surface area contributed by atoms with E-state index in [1.165, 1.54) is 0 Å². The average Bonchev–Trinajstić information content (AvgIpc) is 2.46. The van der Waals surface area contributed by atoms with Crippen LogP contribution in [0.15, 0.2) is 46.9 Å². The number of benzene rings is 2. The van der Waals surface area contributed by atoms with Gasteiger partial charge in [0.15, 0.2) is 0 Å². The maximum atomic E-state index is 12.3. The Hall–Kier alpha value is -1.36. The molecule has 2 aromatic rings. The minimum absolute atomic E-state index is 0.192. The number of carbonyl (C=O) groups excluding carboxylic acids is 1. The largest absolute Gasteiger partial charge is 0.377 e. The molecule has 0 spiro atoms. The van der Waals surface area contributed by atoms with Crippen LogP contribution in [0, 0.1) is 0 Å². The first-order valence-corrected chi connectivity index (χ1v) is 7.71. The minimum atomic E-state index is -0.192. The number of amides is 1. The van der Waals surface area contributed by atoms with Crippen molar-refractivity contribution in [1.29, 1.82) is 0 Å². The lowest BCUT2D eigenvalue weighted by Gasteiger charge is -2.12. The molecule has 110 valence electrons. The van der Waals surface area contributed by atoms with E-state index in [0.29, 0.717) is 28.3 Å². The molecule has 3 nitrogen and oxygen atoms in total.